The first-order valence-corrected chi connectivity index (χ1v) is 5.04. The van der Waals surface area contributed by atoms with E-state index in [0.29, 0.717) is 18.4 Å². The molecule has 0 aromatic carbocycles. The molecule has 4 heteroatoms. The summed E-state index contributed by atoms with van der Waals surface area (Å²) in [5.41, 5.74) is 1.08. The van der Waals surface area contributed by atoms with E-state index >= 15 is 0 Å². The van der Waals surface area contributed by atoms with Gasteiger partial charge in [0.2, 0.25) is 5.91 Å². The molecule has 0 fully saturated rings. The Morgan fingerprint density at radius 1 is 1.53 bits per heavy atom. The van der Waals surface area contributed by atoms with E-state index in [1.54, 1.807) is 6.20 Å². The number of hydrogen-bond donors (Lipinski definition) is 2. The summed E-state index contributed by atoms with van der Waals surface area (Å²) in [5.74, 6) is 0.535. The van der Waals surface area contributed by atoms with Gasteiger partial charge in [0.25, 0.3) is 0 Å². The van der Waals surface area contributed by atoms with Gasteiger partial charge in [0.15, 0.2) is 0 Å². The monoisotopic (exact) mass is 207 g/mol. The molecule has 0 radical (unpaired) electrons. The fourth-order valence-electron chi connectivity index (χ4n) is 1.09. The third kappa shape index (κ3) is 4.56. The fourth-order valence-corrected chi connectivity index (χ4v) is 1.09. The van der Waals surface area contributed by atoms with Gasteiger partial charge < -0.3 is 10.6 Å². The van der Waals surface area contributed by atoms with Crippen molar-refractivity contribution in [1.29, 1.82) is 0 Å². The smallest absolute Gasteiger partial charge is 0.239 e. The average molecular weight is 207 g/mol. The standard InChI is InChI=1S/C11H17N3O/c1-8(2)13-7-11(15)14-10-6-9(3)4-5-12-10/h4-6,8,13H,7H2,1-3H3,(H,12,14,15). The molecule has 0 aliphatic rings. The lowest BCUT2D eigenvalue weighted by molar-refractivity contribution is -0.115. The SMILES string of the molecule is Cc1ccnc(NC(=O)CNC(C)C)c1. The number of carbonyl (C=O) groups excluding carboxylic acids is 1. The largest absolute Gasteiger partial charge is 0.310 e. The van der Waals surface area contributed by atoms with E-state index in [9.17, 15) is 4.79 Å². The molecule has 2 N–H and O–H groups in total. The van der Waals surface area contributed by atoms with Gasteiger partial charge in [-0.3, -0.25) is 4.79 Å². The van der Waals surface area contributed by atoms with E-state index in [-0.39, 0.29) is 5.91 Å². The molecule has 1 amide bonds. The van der Waals surface area contributed by atoms with Crippen LogP contribution in [0.2, 0.25) is 0 Å². The predicted octanol–water partition coefficient (Wildman–Crippen LogP) is 1.33. The Balaban J connectivity index is 2.44. The summed E-state index contributed by atoms with van der Waals surface area (Å²) < 4.78 is 0. The summed E-state index contributed by atoms with van der Waals surface area (Å²) in [4.78, 5) is 15.5. The summed E-state index contributed by atoms with van der Waals surface area (Å²) in [7, 11) is 0. The van der Waals surface area contributed by atoms with Crippen LogP contribution in [0.25, 0.3) is 0 Å². The van der Waals surface area contributed by atoms with Crippen LogP contribution in [0.3, 0.4) is 0 Å². The van der Waals surface area contributed by atoms with Gasteiger partial charge in [-0.1, -0.05) is 13.8 Å². The van der Waals surface area contributed by atoms with E-state index in [2.05, 4.69) is 15.6 Å². The normalized spacial score (nSPS) is 10.4. The Morgan fingerprint density at radius 2 is 2.27 bits per heavy atom. The molecule has 15 heavy (non-hydrogen) atoms. The molecule has 0 spiro atoms. The van der Waals surface area contributed by atoms with Crippen LogP contribution in [0, 0.1) is 6.92 Å². The van der Waals surface area contributed by atoms with Crippen LogP contribution in [0.15, 0.2) is 18.3 Å². The number of nitrogens with zero attached hydrogens (tertiary/aromatic N) is 1. The van der Waals surface area contributed by atoms with Gasteiger partial charge in [0.1, 0.15) is 5.82 Å². The molecule has 0 atom stereocenters. The second kappa shape index (κ2) is 5.46. The number of amides is 1. The van der Waals surface area contributed by atoms with Crippen molar-refractivity contribution in [2.75, 3.05) is 11.9 Å². The highest BCUT2D eigenvalue weighted by Gasteiger charge is 2.03. The van der Waals surface area contributed by atoms with Crippen molar-refractivity contribution in [3.05, 3.63) is 23.9 Å². The Morgan fingerprint density at radius 3 is 2.87 bits per heavy atom. The molecule has 0 aliphatic heterocycles. The van der Waals surface area contributed by atoms with E-state index in [0.717, 1.165) is 5.56 Å². The van der Waals surface area contributed by atoms with Crippen molar-refractivity contribution in [3.8, 4) is 0 Å². The molecule has 1 heterocycles. The van der Waals surface area contributed by atoms with Crippen LogP contribution in [0.5, 0.6) is 0 Å². The summed E-state index contributed by atoms with van der Waals surface area (Å²) >= 11 is 0. The van der Waals surface area contributed by atoms with Crippen molar-refractivity contribution in [2.24, 2.45) is 0 Å². The second-order valence-corrected chi connectivity index (χ2v) is 3.80. The number of anilines is 1. The minimum absolute atomic E-state index is 0.0678. The molecule has 0 aliphatic carbocycles. The molecular weight excluding hydrogens is 190 g/mol. The summed E-state index contributed by atoms with van der Waals surface area (Å²) in [6, 6.07) is 4.04. The maximum atomic E-state index is 11.4. The van der Waals surface area contributed by atoms with E-state index in [1.807, 2.05) is 32.9 Å². The van der Waals surface area contributed by atoms with Gasteiger partial charge in [-0.05, 0) is 24.6 Å². The first kappa shape index (κ1) is 11.7. The summed E-state index contributed by atoms with van der Waals surface area (Å²) in [5, 5.41) is 5.77. The highest BCUT2D eigenvalue weighted by molar-refractivity contribution is 5.91. The molecule has 1 aromatic rings. The fraction of sp³-hybridized carbons (Fsp3) is 0.455. The second-order valence-electron chi connectivity index (χ2n) is 3.80. The van der Waals surface area contributed by atoms with Gasteiger partial charge in [0.05, 0.1) is 6.54 Å². The lowest BCUT2D eigenvalue weighted by Crippen LogP contribution is -2.32. The van der Waals surface area contributed by atoms with Crippen molar-refractivity contribution in [2.45, 2.75) is 26.8 Å². The number of rotatable bonds is 4. The topological polar surface area (TPSA) is 54.0 Å². The maximum absolute atomic E-state index is 11.4. The number of carbonyl (C=O) groups is 1. The van der Waals surface area contributed by atoms with Crippen LogP contribution < -0.4 is 10.6 Å². The molecule has 4 nitrogen and oxygen atoms in total. The minimum Gasteiger partial charge on any atom is -0.310 e. The zero-order valence-electron chi connectivity index (χ0n) is 9.37. The molecule has 0 saturated carbocycles. The molecule has 0 saturated heterocycles. The Labute approximate surface area is 90.1 Å². The predicted molar refractivity (Wildman–Crippen MR) is 60.7 cm³/mol. The Hall–Kier alpha value is -1.42. The molecule has 82 valence electrons. The molecular formula is C11H17N3O. The van der Waals surface area contributed by atoms with Crippen molar-refractivity contribution in [3.63, 3.8) is 0 Å². The first-order valence-electron chi connectivity index (χ1n) is 5.04. The van der Waals surface area contributed by atoms with Gasteiger partial charge in [-0.15, -0.1) is 0 Å². The van der Waals surface area contributed by atoms with Crippen molar-refractivity contribution < 1.29 is 4.79 Å². The maximum Gasteiger partial charge on any atom is 0.239 e. The van der Waals surface area contributed by atoms with Crippen LogP contribution in [-0.2, 0) is 4.79 Å². The van der Waals surface area contributed by atoms with Crippen LogP contribution in [-0.4, -0.2) is 23.5 Å². The number of hydrogen-bond acceptors (Lipinski definition) is 3. The number of pyridine rings is 1. The van der Waals surface area contributed by atoms with Crippen LogP contribution in [0.1, 0.15) is 19.4 Å². The van der Waals surface area contributed by atoms with Crippen molar-refractivity contribution in [1.82, 2.24) is 10.3 Å². The zero-order chi connectivity index (χ0) is 11.3. The lowest BCUT2D eigenvalue weighted by Gasteiger charge is -2.08. The zero-order valence-corrected chi connectivity index (χ0v) is 9.37. The number of nitrogens with one attached hydrogen (secondary N) is 2. The highest BCUT2D eigenvalue weighted by Crippen LogP contribution is 2.04. The minimum atomic E-state index is -0.0678. The number of aryl methyl sites for hydroxylation is 1. The average Bonchev–Trinajstić information content (AvgIpc) is 2.15. The quantitative estimate of drug-likeness (QED) is 0.783. The molecule has 0 unspecified atom stereocenters. The molecule has 1 aromatic heterocycles. The van der Waals surface area contributed by atoms with Crippen LogP contribution >= 0.6 is 0 Å². The highest BCUT2D eigenvalue weighted by atomic mass is 16.1. The third-order valence-electron chi connectivity index (χ3n) is 1.85. The van der Waals surface area contributed by atoms with E-state index < -0.39 is 0 Å². The van der Waals surface area contributed by atoms with E-state index in [4.69, 9.17) is 0 Å². The van der Waals surface area contributed by atoms with Crippen LogP contribution in [0.4, 0.5) is 5.82 Å². The van der Waals surface area contributed by atoms with Gasteiger partial charge >= 0.3 is 0 Å². The Bertz CT molecular complexity index is 336. The van der Waals surface area contributed by atoms with Gasteiger partial charge in [0, 0.05) is 12.2 Å². The van der Waals surface area contributed by atoms with E-state index in [1.165, 1.54) is 0 Å². The third-order valence-corrected chi connectivity index (χ3v) is 1.85. The summed E-state index contributed by atoms with van der Waals surface area (Å²) in [6.45, 7) is 6.27. The van der Waals surface area contributed by atoms with Crippen molar-refractivity contribution >= 4 is 11.7 Å². The lowest BCUT2D eigenvalue weighted by atomic mass is 10.3. The Kier molecular flexibility index (Phi) is 4.24. The molecule has 1 rings (SSSR count). The first-order chi connectivity index (χ1) is 7.08. The summed E-state index contributed by atoms with van der Waals surface area (Å²) in [6.07, 6.45) is 1.68. The number of aromatic nitrogens is 1. The van der Waals surface area contributed by atoms with Gasteiger partial charge in [-0.25, -0.2) is 4.98 Å². The molecule has 0 bridgehead atoms. The van der Waals surface area contributed by atoms with Gasteiger partial charge in [-0.2, -0.15) is 0 Å².